The van der Waals surface area contributed by atoms with Crippen LogP contribution in [-0.2, 0) is 0 Å². The lowest BCUT2D eigenvalue weighted by molar-refractivity contribution is -0.384. The molecule has 1 saturated heterocycles. The van der Waals surface area contributed by atoms with Crippen molar-refractivity contribution in [3.05, 3.63) is 39.4 Å². The highest BCUT2D eigenvalue weighted by atomic mass is 35.5. The van der Waals surface area contributed by atoms with Crippen LogP contribution in [0, 0.1) is 17.0 Å². The van der Waals surface area contributed by atoms with Crippen molar-refractivity contribution in [2.45, 2.75) is 32.9 Å². The number of carbonyl (C=O) groups is 1. The molecule has 2 unspecified atom stereocenters. The molecule has 2 atom stereocenters. The summed E-state index contributed by atoms with van der Waals surface area (Å²) in [4.78, 5) is 24.8. The maximum absolute atomic E-state index is 12.6. The van der Waals surface area contributed by atoms with Gasteiger partial charge in [-0.2, -0.15) is 0 Å². The molecule has 0 aliphatic carbocycles. The van der Waals surface area contributed by atoms with Gasteiger partial charge in [-0.1, -0.05) is 0 Å². The van der Waals surface area contributed by atoms with E-state index in [-0.39, 0.29) is 36.1 Å². The molecule has 1 aliphatic heterocycles. The SMILES string of the molecule is Cc1cc(C(=O)N2CCNC(C)C2C)cc([N+](=O)[O-])c1.Cl. The number of aryl methyl sites for hydroxylation is 1. The lowest BCUT2D eigenvalue weighted by Gasteiger charge is -2.38. The standard InChI is InChI=1S/C14H19N3O3.ClH/c1-9-6-12(8-13(7-9)17(19)20)14(18)16-5-4-15-10(2)11(16)3;/h6-8,10-11,15H,4-5H2,1-3H3;1H. The van der Waals surface area contributed by atoms with Crippen molar-refractivity contribution in [1.82, 2.24) is 10.2 Å². The van der Waals surface area contributed by atoms with Crippen LogP contribution in [0.2, 0.25) is 0 Å². The lowest BCUT2D eigenvalue weighted by atomic mass is 10.0. The Morgan fingerprint density at radius 2 is 2.05 bits per heavy atom. The van der Waals surface area contributed by atoms with E-state index < -0.39 is 4.92 Å². The second-order valence-corrected chi connectivity index (χ2v) is 5.30. The van der Waals surface area contributed by atoms with Crippen molar-refractivity contribution in [2.24, 2.45) is 0 Å². The summed E-state index contributed by atoms with van der Waals surface area (Å²) in [5.41, 5.74) is 1.07. The van der Waals surface area contributed by atoms with Crippen LogP contribution in [0.3, 0.4) is 0 Å². The number of piperazine rings is 1. The fourth-order valence-electron chi connectivity index (χ4n) is 2.50. The molecule has 1 fully saturated rings. The van der Waals surface area contributed by atoms with E-state index in [1.54, 1.807) is 17.9 Å². The summed E-state index contributed by atoms with van der Waals surface area (Å²) >= 11 is 0. The van der Waals surface area contributed by atoms with Crippen LogP contribution < -0.4 is 5.32 Å². The molecule has 1 N–H and O–H groups in total. The number of hydrogen-bond donors (Lipinski definition) is 1. The van der Waals surface area contributed by atoms with Crippen LogP contribution in [0.1, 0.15) is 29.8 Å². The number of nitrogens with zero attached hydrogens (tertiary/aromatic N) is 2. The summed E-state index contributed by atoms with van der Waals surface area (Å²) in [6.07, 6.45) is 0. The molecular weight excluding hydrogens is 294 g/mol. The van der Waals surface area contributed by atoms with Crippen LogP contribution in [0.25, 0.3) is 0 Å². The third-order valence-electron chi connectivity index (χ3n) is 3.81. The highest BCUT2D eigenvalue weighted by Gasteiger charge is 2.29. The molecule has 1 heterocycles. The average molecular weight is 314 g/mol. The Bertz CT molecular complexity index is 550. The third kappa shape index (κ3) is 3.71. The zero-order valence-corrected chi connectivity index (χ0v) is 13.1. The van der Waals surface area contributed by atoms with Gasteiger partial charge in [-0.3, -0.25) is 14.9 Å². The van der Waals surface area contributed by atoms with Crippen molar-refractivity contribution >= 4 is 24.0 Å². The number of hydrogen-bond acceptors (Lipinski definition) is 4. The molecule has 21 heavy (non-hydrogen) atoms. The van der Waals surface area contributed by atoms with Gasteiger partial charge in [0.2, 0.25) is 0 Å². The molecule has 1 aromatic carbocycles. The van der Waals surface area contributed by atoms with Crippen LogP contribution >= 0.6 is 12.4 Å². The molecule has 7 heteroatoms. The van der Waals surface area contributed by atoms with Gasteiger partial charge in [-0.05, 0) is 32.4 Å². The van der Waals surface area contributed by atoms with Gasteiger partial charge in [0.15, 0.2) is 0 Å². The van der Waals surface area contributed by atoms with Crippen molar-refractivity contribution in [3.63, 3.8) is 0 Å². The van der Waals surface area contributed by atoms with Gasteiger partial charge in [0, 0.05) is 42.9 Å². The Hall–Kier alpha value is -1.66. The fraction of sp³-hybridized carbons (Fsp3) is 0.500. The van der Waals surface area contributed by atoms with E-state index >= 15 is 0 Å². The lowest BCUT2D eigenvalue weighted by Crippen LogP contribution is -2.57. The second-order valence-electron chi connectivity index (χ2n) is 5.30. The Morgan fingerprint density at radius 1 is 1.38 bits per heavy atom. The Kier molecular flexibility index (Phi) is 5.69. The Morgan fingerprint density at radius 3 is 2.67 bits per heavy atom. The fourth-order valence-corrected chi connectivity index (χ4v) is 2.50. The number of rotatable bonds is 2. The molecule has 6 nitrogen and oxygen atoms in total. The molecule has 0 radical (unpaired) electrons. The van der Waals surface area contributed by atoms with Crippen molar-refractivity contribution in [1.29, 1.82) is 0 Å². The van der Waals surface area contributed by atoms with Crippen LogP contribution in [0.4, 0.5) is 5.69 Å². The predicted molar refractivity (Wildman–Crippen MR) is 83.0 cm³/mol. The summed E-state index contributed by atoms with van der Waals surface area (Å²) in [5, 5.41) is 14.2. The third-order valence-corrected chi connectivity index (χ3v) is 3.81. The van der Waals surface area contributed by atoms with E-state index in [2.05, 4.69) is 5.32 Å². The molecule has 1 aliphatic rings. The predicted octanol–water partition coefficient (Wildman–Crippen LogP) is 2.15. The minimum Gasteiger partial charge on any atom is -0.333 e. The zero-order valence-electron chi connectivity index (χ0n) is 12.3. The molecule has 0 spiro atoms. The minimum absolute atomic E-state index is 0. The molecular formula is C14H20ClN3O3. The van der Waals surface area contributed by atoms with E-state index in [4.69, 9.17) is 0 Å². The first-order valence-corrected chi connectivity index (χ1v) is 6.70. The number of non-ortho nitro benzene ring substituents is 1. The van der Waals surface area contributed by atoms with Gasteiger partial charge in [-0.25, -0.2) is 0 Å². The summed E-state index contributed by atoms with van der Waals surface area (Å²) in [5.74, 6) is -0.141. The molecule has 0 saturated carbocycles. The Balaban J connectivity index is 0.00000220. The quantitative estimate of drug-likeness (QED) is 0.670. The summed E-state index contributed by atoms with van der Waals surface area (Å²) < 4.78 is 0. The molecule has 1 aromatic rings. The zero-order chi connectivity index (χ0) is 14.9. The van der Waals surface area contributed by atoms with Gasteiger partial charge in [0.25, 0.3) is 11.6 Å². The van der Waals surface area contributed by atoms with Gasteiger partial charge >= 0.3 is 0 Å². The topological polar surface area (TPSA) is 75.5 Å². The van der Waals surface area contributed by atoms with E-state index in [0.717, 1.165) is 12.1 Å². The number of nitrogens with one attached hydrogen (secondary N) is 1. The highest BCUT2D eigenvalue weighted by molar-refractivity contribution is 5.95. The molecule has 0 bridgehead atoms. The first kappa shape index (κ1) is 17.4. The number of benzene rings is 1. The number of nitro benzene ring substituents is 1. The number of nitro groups is 1. The van der Waals surface area contributed by atoms with Gasteiger partial charge < -0.3 is 10.2 Å². The highest BCUT2D eigenvalue weighted by Crippen LogP contribution is 2.20. The van der Waals surface area contributed by atoms with Gasteiger partial charge in [-0.15, -0.1) is 12.4 Å². The number of amides is 1. The van der Waals surface area contributed by atoms with Gasteiger partial charge in [0.05, 0.1) is 4.92 Å². The smallest absolute Gasteiger partial charge is 0.270 e. The van der Waals surface area contributed by atoms with E-state index in [1.165, 1.54) is 12.1 Å². The van der Waals surface area contributed by atoms with E-state index in [1.807, 2.05) is 13.8 Å². The summed E-state index contributed by atoms with van der Waals surface area (Å²) in [6.45, 7) is 7.13. The molecule has 2 rings (SSSR count). The first-order chi connectivity index (χ1) is 9.40. The number of carbonyl (C=O) groups excluding carboxylic acids is 1. The van der Waals surface area contributed by atoms with Gasteiger partial charge in [0.1, 0.15) is 0 Å². The molecule has 116 valence electrons. The van der Waals surface area contributed by atoms with E-state index in [0.29, 0.717) is 12.1 Å². The van der Waals surface area contributed by atoms with Crippen LogP contribution in [0.5, 0.6) is 0 Å². The van der Waals surface area contributed by atoms with Crippen molar-refractivity contribution in [3.8, 4) is 0 Å². The molecule has 0 aromatic heterocycles. The minimum atomic E-state index is -0.465. The van der Waals surface area contributed by atoms with Crippen molar-refractivity contribution in [2.75, 3.05) is 13.1 Å². The average Bonchev–Trinajstić information content (AvgIpc) is 2.40. The van der Waals surface area contributed by atoms with Crippen molar-refractivity contribution < 1.29 is 9.72 Å². The maximum Gasteiger partial charge on any atom is 0.270 e. The van der Waals surface area contributed by atoms with Crippen LogP contribution in [0.15, 0.2) is 18.2 Å². The largest absolute Gasteiger partial charge is 0.333 e. The van der Waals surface area contributed by atoms with E-state index in [9.17, 15) is 14.9 Å². The molecule has 1 amide bonds. The van der Waals surface area contributed by atoms with Crippen LogP contribution in [-0.4, -0.2) is 40.9 Å². The summed E-state index contributed by atoms with van der Waals surface area (Å²) in [6, 6.07) is 4.81. The normalized spacial score (nSPS) is 21.6. The summed E-state index contributed by atoms with van der Waals surface area (Å²) in [7, 11) is 0. The monoisotopic (exact) mass is 313 g/mol. The maximum atomic E-state index is 12.6. The number of halogens is 1. The Labute approximate surface area is 130 Å². The first-order valence-electron chi connectivity index (χ1n) is 6.70. The second kappa shape index (κ2) is 6.87.